The number of hydrogen-bond donors (Lipinski definition) is 2. The lowest BCUT2D eigenvalue weighted by Crippen LogP contribution is -2.40. The van der Waals surface area contributed by atoms with E-state index in [2.05, 4.69) is 15.0 Å². The number of fused-ring (bicyclic) bond motifs is 1. The summed E-state index contributed by atoms with van der Waals surface area (Å²) in [7, 11) is -3.88. The Kier molecular flexibility index (Phi) is 6.26. The number of thiazole rings is 1. The van der Waals surface area contributed by atoms with Crippen molar-refractivity contribution in [2.45, 2.75) is 35.5 Å². The fraction of sp³-hybridized carbons (Fsp3) is 0.263. The minimum atomic E-state index is -3.88. The fourth-order valence-electron chi connectivity index (χ4n) is 2.58. The number of benzene rings is 2. The smallest absolute Gasteiger partial charge is 0.255 e. The number of halogens is 1. The maximum atomic E-state index is 12.7. The van der Waals surface area contributed by atoms with Crippen LogP contribution in [0.1, 0.15) is 31.1 Å². The highest BCUT2D eigenvalue weighted by atomic mass is 35.5. The van der Waals surface area contributed by atoms with Gasteiger partial charge in [-0.25, -0.2) is 18.1 Å². The molecule has 0 radical (unpaired) electrons. The van der Waals surface area contributed by atoms with Crippen molar-refractivity contribution in [1.82, 2.24) is 9.71 Å². The van der Waals surface area contributed by atoms with E-state index in [0.717, 1.165) is 14.6 Å². The van der Waals surface area contributed by atoms with E-state index in [4.69, 9.17) is 11.6 Å². The monoisotopic (exact) mass is 469 g/mol. The van der Waals surface area contributed by atoms with E-state index in [1.807, 2.05) is 18.4 Å². The molecule has 2 N–H and O–H groups in total. The summed E-state index contributed by atoms with van der Waals surface area (Å²) in [6.07, 6.45) is 1.96. The predicted molar refractivity (Wildman–Crippen MR) is 121 cm³/mol. The Bertz CT molecular complexity index is 1180. The van der Waals surface area contributed by atoms with E-state index < -0.39 is 21.5 Å². The van der Waals surface area contributed by atoms with Gasteiger partial charge in [-0.1, -0.05) is 23.4 Å². The van der Waals surface area contributed by atoms with Gasteiger partial charge in [0, 0.05) is 16.8 Å². The van der Waals surface area contributed by atoms with E-state index in [0.29, 0.717) is 5.69 Å². The summed E-state index contributed by atoms with van der Waals surface area (Å²) >= 11 is 9.21. The van der Waals surface area contributed by atoms with Gasteiger partial charge in [-0.3, -0.25) is 4.79 Å². The average molecular weight is 470 g/mol. The van der Waals surface area contributed by atoms with E-state index in [1.54, 1.807) is 49.9 Å². The highest BCUT2D eigenvalue weighted by molar-refractivity contribution is 8.00. The van der Waals surface area contributed by atoms with Gasteiger partial charge in [0.05, 0.1) is 15.2 Å². The van der Waals surface area contributed by atoms with Crippen LogP contribution in [0.4, 0.5) is 5.69 Å². The summed E-state index contributed by atoms with van der Waals surface area (Å²) in [5.74, 6) is -0.428. The van der Waals surface area contributed by atoms with Crippen LogP contribution in [-0.2, 0) is 10.0 Å². The van der Waals surface area contributed by atoms with E-state index >= 15 is 0 Å². The molecule has 1 aromatic heterocycles. The first-order chi connectivity index (χ1) is 13.5. The van der Waals surface area contributed by atoms with Crippen LogP contribution in [0.15, 0.2) is 45.6 Å². The fourth-order valence-corrected chi connectivity index (χ4v) is 6.05. The van der Waals surface area contributed by atoms with Crippen molar-refractivity contribution in [3.05, 3.63) is 47.0 Å². The molecule has 0 saturated carbocycles. The predicted octanol–water partition coefficient (Wildman–Crippen LogP) is 5.00. The summed E-state index contributed by atoms with van der Waals surface area (Å²) in [4.78, 5) is 17.0. The van der Waals surface area contributed by atoms with Crippen molar-refractivity contribution >= 4 is 66.5 Å². The Morgan fingerprint density at radius 2 is 1.90 bits per heavy atom. The zero-order valence-corrected chi connectivity index (χ0v) is 19.4. The minimum absolute atomic E-state index is 0.0500. The minimum Gasteiger partial charge on any atom is -0.322 e. The molecule has 0 aliphatic carbocycles. The molecule has 0 aliphatic heterocycles. The maximum absolute atomic E-state index is 12.7. The maximum Gasteiger partial charge on any atom is 0.255 e. The standard InChI is InChI=1S/C19H20ClN3O3S3/c1-19(2,3)23-29(25,26)16-9-11(5-7-13(16)20)17(24)21-12-6-8-14-15(10-12)28-18(22-14)27-4/h5-10,23H,1-4H3,(H,21,24). The second kappa shape index (κ2) is 8.23. The molecule has 6 nitrogen and oxygen atoms in total. The van der Waals surface area contributed by atoms with Gasteiger partial charge in [0.1, 0.15) is 4.90 Å². The molecule has 0 fully saturated rings. The molecule has 1 heterocycles. The number of carbonyl (C=O) groups excluding carboxylic acids is 1. The first kappa shape index (κ1) is 22.0. The quantitative estimate of drug-likeness (QED) is 0.513. The number of rotatable bonds is 5. The van der Waals surface area contributed by atoms with E-state index in [1.165, 1.54) is 18.2 Å². The Hall–Kier alpha value is -1.65. The lowest BCUT2D eigenvalue weighted by molar-refractivity contribution is 0.102. The largest absolute Gasteiger partial charge is 0.322 e. The van der Waals surface area contributed by atoms with Crippen LogP contribution in [0.25, 0.3) is 10.2 Å². The summed E-state index contributed by atoms with van der Waals surface area (Å²) in [6.45, 7) is 5.19. The zero-order chi connectivity index (χ0) is 21.4. The Balaban J connectivity index is 1.88. The van der Waals surface area contributed by atoms with Crippen molar-refractivity contribution in [3.8, 4) is 0 Å². The van der Waals surface area contributed by atoms with Crippen molar-refractivity contribution in [2.24, 2.45) is 0 Å². The first-order valence-corrected chi connectivity index (χ1v) is 12.5. The van der Waals surface area contributed by atoms with Crippen molar-refractivity contribution in [2.75, 3.05) is 11.6 Å². The van der Waals surface area contributed by atoms with Gasteiger partial charge in [-0.05, 0) is 63.4 Å². The molecule has 0 unspecified atom stereocenters. The molecule has 10 heteroatoms. The number of sulfonamides is 1. The Morgan fingerprint density at radius 1 is 1.17 bits per heavy atom. The topological polar surface area (TPSA) is 88.2 Å². The molecule has 29 heavy (non-hydrogen) atoms. The highest BCUT2D eigenvalue weighted by Crippen LogP contribution is 2.30. The summed E-state index contributed by atoms with van der Waals surface area (Å²) in [5, 5.41) is 2.85. The van der Waals surface area contributed by atoms with Crippen LogP contribution in [0.5, 0.6) is 0 Å². The van der Waals surface area contributed by atoms with Gasteiger partial charge in [0.2, 0.25) is 10.0 Å². The van der Waals surface area contributed by atoms with Crippen LogP contribution in [0.3, 0.4) is 0 Å². The number of nitrogens with one attached hydrogen (secondary N) is 2. The number of amides is 1. The van der Waals surface area contributed by atoms with Gasteiger partial charge >= 0.3 is 0 Å². The van der Waals surface area contributed by atoms with Gasteiger partial charge in [-0.15, -0.1) is 11.3 Å². The zero-order valence-electron chi connectivity index (χ0n) is 16.2. The van der Waals surface area contributed by atoms with Gasteiger partial charge in [0.25, 0.3) is 5.91 Å². The number of nitrogens with zero attached hydrogens (tertiary/aromatic N) is 1. The Labute approximate surface area is 183 Å². The van der Waals surface area contributed by atoms with Crippen molar-refractivity contribution in [1.29, 1.82) is 0 Å². The lowest BCUT2D eigenvalue weighted by Gasteiger charge is -2.21. The summed E-state index contributed by atoms with van der Waals surface area (Å²) < 4.78 is 29.7. The molecule has 0 spiro atoms. The van der Waals surface area contributed by atoms with Crippen LogP contribution >= 0.6 is 34.7 Å². The SMILES string of the molecule is CSc1nc2ccc(NC(=O)c3ccc(Cl)c(S(=O)(=O)NC(C)(C)C)c3)cc2s1. The van der Waals surface area contributed by atoms with E-state index in [-0.39, 0.29) is 15.5 Å². The number of aromatic nitrogens is 1. The molecule has 2 aromatic carbocycles. The van der Waals surface area contributed by atoms with Crippen molar-refractivity contribution in [3.63, 3.8) is 0 Å². The Morgan fingerprint density at radius 3 is 2.55 bits per heavy atom. The van der Waals surface area contributed by atoms with Crippen LogP contribution in [0, 0.1) is 0 Å². The third-order valence-corrected chi connectivity index (χ3v) is 7.97. The molecule has 0 saturated heterocycles. The third kappa shape index (κ3) is 5.29. The normalized spacial score (nSPS) is 12.3. The molecule has 0 bridgehead atoms. The van der Waals surface area contributed by atoms with Gasteiger partial charge in [-0.2, -0.15) is 0 Å². The number of thioether (sulfide) groups is 1. The van der Waals surface area contributed by atoms with Crippen LogP contribution < -0.4 is 10.0 Å². The number of anilines is 1. The lowest BCUT2D eigenvalue weighted by atomic mass is 10.1. The molecule has 3 aromatic rings. The molecule has 1 amide bonds. The number of carbonyl (C=O) groups is 1. The second-order valence-electron chi connectivity index (χ2n) is 7.32. The van der Waals surface area contributed by atoms with E-state index in [9.17, 15) is 13.2 Å². The average Bonchev–Trinajstić information content (AvgIpc) is 3.02. The highest BCUT2D eigenvalue weighted by Gasteiger charge is 2.25. The molecular weight excluding hydrogens is 450 g/mol. The van der Waals surface area contributed by atoms with Crippen LogP contribution in [-0.4, -0.2) is 31.1 Å². The van der Waals surface area contributed by atoms with Crippen molar-refractivity contribution < 1.29 is 13.2 Å². The summed E-state index contributed by atoms with van der Waals surface area (Å²) in [5.41, 5.74) is 0.981. The third-order valence-electron chi connectivity index (χ3n) is 3.72. The van der Waals surface area contributed by atoms with Gasteiger partial charge < -0.3 is 5.32 Å². The molecule has 154 valence electrons. The second-order valence-corrected chi connectivity index (χ2v) is 11.5. The molecule has 0 aliphatic rings. The van der Waals surface area contributed by atoms with Gasteiger partial charge in [0.15, 0.2) is 4.34 Å². The molecule has 0 atom stereocenters. The molecular formula is C19H20ClN3O3S3. The van der Waals surface area contributed by atoms with Crippen LogP contribution in [0.2, 0.25) is 5.02 Å². The summed E-state index contributed by atoms with van der Waals surface area (Å²) in [6, 6.07) is 9.63. The molecule has 3 rings (SSSR count). The number of hydrogen-bond acceptors (Lipinski definition) is 6. The first-order valence-electron chi connectivity index (χ1n) is 8.58.